The molecule has 17 heavy (non-hydrogen) atoms. The molecule has 102 valence electrons. The second-order valence-electron chi connectivity index (χ2n) is 5.42. The van der Waals surface area contributed by atoms with E-state index in [1.165, 1.54) is 38.9 Å². The summed E-state index contributed by atoms with van der Waals surface area (Å²) in [5.74, 6) is 0.781. The number of likely N-dealkylation sites (tertiary alicyclic amines) is 1. The van der Waals surface area contributed by atoms with Gasteiger partial charge < -0.3 is 15.3 Å². The highest BCUT2D eigenvalue weighted by molar-refractivity contribution is 4.81. The van der Waals surface area contributed by atoms with Crippen LogP contribution in [0.5, 0.6) is 0 Å². The van der Waals surface area contributed by atoms with E-state index in [-0.39, 0.29) is 12.6 Å². The molecule has 3 heteroatoms. The van der Waals surface area contributed by atoms with E-state index in [0.717, 1.165) is 12.3 Å². The third kappa shape index (κ3) is 4.94. The molecule has 1 saturated heterocycles. The second-order valence-corrected chi connectivity index (χ2v) is 5.42. The lowest BCUT2D eigenvalue weighted by Crippen LogP contribution is -2.46. The number of aliphatic hydroxyl groups is 1. The van der Waals surface area contributed by atoms with Gasteiger partial charge in [0.1, 0.15) is 0 Å². The van der Waals surface area contributed by atoms with Gasteiger partial charge in [-0.2, -0.15) is 0 Å². The maximum absolute atomic E-state index is 9.21. The van der Waals surface area contributed by atoms with Crippen LogP contribution in [0.25, 0.3) is 0 Å². The maximum atomic E-state index is 9.21. The average Bonchev–Trinajstić information content (AvgIpc) is 2.37. The van der Waals surface area contributed by atoms with E-state index in [2.05, 4.69) is 31.0 Å². The smallest absolute Gasteiger partial charge is 0.0584 e. The Morgan fingerprint density at radius 1 is 1.29 bits per heavy atom. The Kier molecular flexibility index (Phi) is 7.09. The van der Waals surface area contributed by atoms with Crippen LogP contribution in [0.1, 0.15) is 46.5 Å². The van der Waals surface area contributed by atoms with Crippen LogP contribution in [-0.2, 0) is 0 Å². The molecule has 0 aromatic heterocycles. The lowest BCUT2D eigenvalue weighted by molar-refractivity contribution is 0.148. The van der Waals surface area contributed by atoms with Crippen LogP contribution in [0, 0.1) is 5.92 Å². The van der Waals surface area contributed by atoms with Crippen LogP contribution in [0.15, 0.2) is 0 Å². The summed E-state index contributed by atoms with van der Waals surface area (Å²) in [7, 11) is 0. The van der Waals surface area contributed by atoms with E-state index in [1.54, 1.807) is 0 Å². The van der Waals surface area contributed by atoms with E-state index in [0.29, 0.717) is 6.04 Å². The maximum Gasteiger partial charge on any atom is 0.0584 e. The van der Waals surface area contributed by atoms with E-state index < -0.39 is 0 Å². The Morgan fingerprint density at radius 3 is 2.41 bits per heavy atom. The molecule has 0 bridgehead atoms. The fourth-order valence-electron chi connectivity index (χ4n) is 2.80. The molecule has 1 unspecified atom stereocenters. The Bertz CT molecular complexity index is 187. The van der Waals surface area contributed by atoms with Crippen molar-refractivity contribution in [3.05, 3.63) is 0 Å². The number of piperidine rings is 1. The number of nitrogens with one attached hydrogen (secondary N) is 1. The van der Waals surface area contributed by atoms with Crippen LogP contribution in [0.4, 0.5) is 0 Å². The van der Waals surface area contributed by atoms with Gasteiger partial charge in [0.05, 0.1) is 6.61 Å². The molecule has 1 rings (SSSR count). The van der Waals surface area contributed by atoms with Gasteiger partial charge in [0.25, 0.3) is 0 Å². The fourth-order valence-corrected chi connectivity index (χ4v) is 2.80. The summed E-state index contributed by atoms with van der Waals surface area (Å²) in [6, 6.07) is 0.814. The van der Waals surface area contributed by atoms with Crippen molar-refractivity contribution in [1.82, 2.24) is 10.2 Å². The van der Waals surface area contributed by atoms with Gasteiger partial charge >= 0.3 is 0 Å². The van der Waals surface area contributed by atoms with Crippen molar-refractivity contribution in [2.45, 2.75) is 58.5 Å². The normalized spacial score (nSPS) is 22.6. The molecule has 1 aliphatic rings. The molecule has 0 saturated carbocycles. The average molecular weight is 242 g/mol. The van der Waals surface area contributed by atoms with E-state index in [4.69, 9.17) is 0 Å². The van der Waals surface area contributed by atoms with Gasteiger partial charge in [-0.15, -0.1) is 0 Å². The summed E-state index contributed by atoms with van der Waals surface area (Å²) in [4.78, 5) is 2.58. The monoisotopic (exact) mass is 242 g/mol. The number of rotatable bonds is 7. The third-order valence-corrected chi connectivity index (χ3v) is 4.09. The first-order valence-corrected chi connectivity index (χ1v) is 7.30. The number of hydrogen-bond acceptors (Lipinski definition) is 3. The zero-order valence-electron chi connectivity index (χ0n) is 11.8. The van der Waals surface area contributed by atoms with Crippen molar-refractivity contribution in [1.29, 1.82) is 0 Å². The number of aliphatic hydroxyl groups excluding tert-OH is 1. The van der Waals surface area contributed by atoms with Gasteiger partial charge in [-0.05, 0) is 58.2 Å². The molecule has 1 aliphatic heterocycles. The van der Waals surface area contributed by atoms with Gasteiger partial charge in [0, 0.05) is 12.1 Å². The minimum absolute atomic E-state index is 0.259. The highest BCUT2D eigenvalue weighted by Crippen LogP contribution is 2.21. The van der Waals surface area contributed by atoms with Crippen molar-refractivity contribution < 1.29 is 5.11 Å². The first-order chi connectivity index (χ1) is 8.21. The highest BCUT2D eigenvalue weighted by Gasteiger charge is 2.24. The van der Waals surface area contributed by atoms with Crippen molar-refractivity contribution in [2.75, 3.05) is 26.2 Å². The summed E-state index contributed by atoms with van der Waals surface area (Å²) in [5.41, 5.74) is 0. The second kappa shape index (κ2) is 8.06. The van der Waals surface area contributed by atoms with Crippen LogP contribution in [0.2, 0.25) is 0 Å². The van der Waals surface area contributed by atoms with Crippen molar-refractivity contribution in [3.63, 3.8) is 0 Å². The SMILES string of the molecule is CCCN1CCC(C(C)N[C@@H](CC)CO)CC1. The lowest BCUT2D eigenvalue weighted by Gasteiger charge is -2.36. The Balaban J connectivity index is 2.27. The standard InChI is InChI=1S/C14H30N2O/c1-4-8-16-9-6-13(7-10-16)12(3)15-14(5-2)11-17/h12-15,17H,4-11H2,1-3H3/t12?,14-/m0/s1. The molecule has 1 heterocycles. The van der Waals surface area contributed by atoms with Gasteiger partial charge in [-0.3, -0.25) is 0 Å². The van der Waals surface area contributed by atoms with E-state index in [1.807, 2.05) is 0 Å². The molecule has 3 nitrogen and oxygen atoms in total. The molecule has 0 aromatic carbocycles. The predicted octanol–water partition coefficient (Wildman–Crippen LogP) is 1.86. The summed E-state index contributed by atoms with van der Waals surface area (Å²) < 4.78 is 0. The summed E-state index contributed by atoms with van der Waals surface area (Å²) in [5, 5.41) is 12.8. The Hall–Kier alpha value is -0.120. The first-order valence-electron chi connectivity index (χ1n) is 7.30. The Morgan fingerprint density at radius 2 is 1.94 bits per heavy atom. The number of hydrogen-bond donors (Lipinski definition) is 2. The zero-order valence-corrected chi connectivity index (χ0v) is 11.8. The van der Waals surface area contributed by atoms with Crippen LogP contribution < -0.4 is 5.32 Å². The van der Waals surface area contributed by atoms with Gasteiger partial charge in [-0.1, -0.05) is 13.8 Å². The molecule has 0 aromatic rings. The molecular formula is C14H30N2O. The zero-order chi connectivity index (χ0) is 12.7. The summed E-state index contributed by atoms with van der Waals surface area (Å²) in [6.45, 7) is 10.7. The van der Waals surface area contributed by atoms with E-state index in [9.17, 15) is 5.11 Å². The molecule has 2 N–H and O–H groups in total. The summed E-state index contributed by atoms with van der Waals surface area (Å²) >= 11 is 0. The predicted molar refractivity (Wildman–Crippen MR) is 73.2 cm³/mol. The van der Waals surface area contributed by atoms with Crippen molar-refractivity contribution in [3.8, 4) is 0 Å². The van der Waals surface area contributed by atoms with Crippen molar-refractivity contribution >= 4 is 0 Å². The van der Waals surface area contributed by atoms with Gasteiger partial charge in [0.2, 0.25) is 0 Å². The largest absolute Gasteiger partial charge is 0.395 e. The number of nitrogens with zero attached hydrogens (tertiary/aromatic N) is 1. The molecule has 1 fully saturated rings. The van der Waals surface area contributed by atoms with Gasteiger partial charge in [-0.25, -0.2) is 0 Å². The summed E-state index contributed by atoms with van der Waals surface area (Å²) in [6.07, 6.45) is 4.88. The minimum Gasteiger partial charge on any atom is -0.395 e. The molecule has 0 aliphatic carbocycles. The molecular weight excluding hydrogens is 212 g/mol. The molecule has 0 spiro atoms. The topological polar surface area (TPSA) is 35.5 Å². The van der Waals surface area contributed by atoms with Crippen molar-refractivity contribution in [2.24, 2.45) is 5.92 Å². The Labute approximate surface area is 107 Å². The van der Waals surface area contributed by atoms with Crippen LogP contribution >= 0.6 is 0 Å². The lowest BCUT2D eigenvalue weighted by atomic mass is 9.89. The molecule has 2 atom stereocenters. The quantitative estimate of drug-likeness (QED) is 0.715. The van der Waals surface area contributed by atoms with Gasteiger partial charge in [0.15, 0.2) is 0 Å². The fraction of sp³-hybridized carbons (Fsp3) is 1.00. The first kappa shape index (κ1) is 14.9. The highest BCUT2D eigenvalue weighted by atomic mass is 16.3. The minimum atomic E-state index is 0.259. The molecule has 0 radical (unpaired) electrons. The molecule has 0 amide bonds. The van der Waals surface area contributed by atoms with E-state index >= 15 is 0 Å². The van der Waals surface area contributed by atoms with Crippen LogP contribution in [-0.4, -0.2) is 48.3 Å². The third-order valence-electron chi connectivity index (χ3n) is 4.09. The van der Waals surface area contributed by atoms with Crippen LogP contribution in [0.3, 0.4) is 0 Å².